The Morgan fingerprint density at radius 1 is 1.19 bits per heavy atom. The van der Waals surface area contributed by atoms with Gasteiger partial charge in [0.25, 0.3) is 0 Å². The van der Waals surface area contributed by atoms with E-state index in [0.29, 0.717) is 0 Å². The third-order valence-electron chi connectivity index (χ3n) is 2.78. The van der Waals surface area contributed by atoms with Crippen LogP contribution in [0.4, 0.5) is 0 Å². The van der Waals surface area contributed by atoms with Crippen LogP contribution in [0, 0.1) is 11.8 Å². The second-order valence-corrected chi connectivity index (χ2v) is 5.21. The summed E-state index contributed by atoms with van der Waals surface area (Å²) in [6, 6.07) is 0. The minimum Gasteiger partial charge on any atom is -0.0991 e. The van der Waals surface area contributed by atoms with Gasteiger partial charge in [0.15, 0.2) is 0 Å². The Kier molecular flexibility index (Phi) is 8.99. The minimum atomic E-state index is 0.812. The fourth-order valence-corrected chi connectivity index (χ4v) is 1.72. The predicted molar refractivity (Wildman–Crippen MR) is 75.6 cm³/mol. The maximum Gasteiger partial charge on any atom is -0.0322 e. The fourth-order valence-electron chi connectivity index (χ4n) is 1.72. The normalized spacial score (nSPS) is 14.7. The molecule has 0 heterocycles. The van der Waals surface area contributed by atoms with Crippen LogP contribution in [0.5, 0.6) is 0 Å². The topological polar surface area (TPSA) is 0 Å². The van der Waals surface area contributed by atoms with E-state index in [1.54, 1.807) is 0 Å². The molecule has 0 nitrogen and oxygen atoms in total. The van der Waals surface area contributed by atoms with Crippen molar-refractivity contribution in [3.8, 4) is 0 Å². The highest BCUT2D eigenvalue weighted by Crippen LogP contribution is 2.15. The van der Waals surface area contributed by atoms with Gasteiger partial charge in [-0.2, -0.15) is 0 Å². The Morgan fingerprint density at radius 2 is 1.88 bits per heavy atom. The van der Waals surface area contributed by atoms with Crippen molar-refractivity contribution in [1.29, 1.82) is 0 Å². The molecule has 1 atom stereocenters. The zero-order valence-electron chi connectivity index (χ0n) is 11.5. The highest BCUT2D eigenvalue weighted by molar-refractivity contribution is 5.20. The number of hydrogen-bond donors (Lipinski definition) is 0. The first-order chi connectivity index (χ1) is 7.56. The SMILES string of the molecule is C=CC=C(C)C=CCC(C)CCCC(C)C. The van der Waals surface area contributed by atoms with Crippen LogP contribution in [0.2, 0.25) is 0 Å². The molecule has 0 aromatic rings. The first-order valence-electron chi connectivity index (χ1n) is 6.52. The van der Waals surface area contributed by atoms with Gasteiger partial charge in [0.05, 0.1) is 0 Å². The average molecular weight is 220 g/mol. The Balaban J connectivity index is 3.68. The molecule has 0 aromatic carbocycles. The summed E-state index contributed by atoms with van der Waals surface area (Å²) < 4.78 is 0. The molecule has 0 radical (unpaired) electrons. The molecule has 0 spiro atoms. The molecule has 16 heavy (non-hydrogen) atoms. The first-order valence-corrected chi connectivity index (χ1v) is 6.52. The van der Waals surface area contributed by atoms with Crippen molar-refractivity contribution < 1.29 is 0 Å². The smallest absolute Gasteiger partial charge is 0.0322 e. The summed E-state index contributed by atoms with van der Waals surface area (Å²) in [7, 11) is 0. The average Bonchev–Trinajstić information content (AvgIpc) is 2.17. The monoisotopic (exact) mass is 220 g/mol. The van der Waals surface area contributed by atoms with E-state index in [-0.39, 0.29) is 0 Å². The van der Waals surface area contributed by atoms with E-state index in [1.807, 2.05) is 12.2 Å². The van der Waals surface area contributed by atoms with E-state index < -0.39 is 0 Å². The summed E-state index contributed by atoms with van der Waals surface area (Å²) in [6.45, 7) is 12.7. The van der Waals surface area contributed by atoms with Crippen LogP contribution < -0.4 is 0 Å². The molecular formula is C16H28. The summed E-state index contributed by atoms with van der Waals surface area (Å²) in [6.07, 6.45) is 13.6. The summed E-state index contributed by atoms with van der Waals surface area (Å²) in [5, 5.41) is 0. The standard InChI is InChI=1S/C16H28/c1-6-9-15(4)12-8-13-16(5)11-7-10-14(2)3/h6,8-9,12,14,16H,1,7,10-11,13H2,2-5H3. The minimum absolute atomic E-state index is 0.812. The molecule has 0 amide bonds. The first kappa shape index (κ1) is 15.2. The number of hydrogen-bond acceptors (Lipinski definition) is 0. The van der Waals surface area contributed by atoms with Gasteiger partial charge in [0.1, 0.15) is 0 Å². The largest absolute Gasteiger partial charge is 0.0991 e. The Labute approximate surface area is 102 Å². The van der Waals surface area contributed by atoms with E-state index in [0.717, 1.165) is 11.8 Å². The highest BCUT2D eigenvalue weighted by Gasteiger charge is 2.00. The Hall–Kier alpha value is -0.780. The third-order valence-corrected chi connectivity index (χ3v) is 2.78. The van der Waals surface area contributed by atoms with Gasteiger partial charge in [-0.25, -0.2) is 0 Å². The van der Waals surface area contributed by atoms with Gasteiger partial charge in [-0.1, -0.05) is 76.5 Å². The Morgan fingerprint density at radius 3 is 2.44 bits per heavy atom. The van der Waals surface area contributed by atoms with Crippen LogP contribution >= 0.6 is 0 Å². The third kappa shape index (κ3) is 9.76. The maximum atomic E-state index is 3.69. The molecule has 0 bridgehead atoms. The lowest BCUT2D eigenvalue weighted by molar-refractivity contribution is 0.461. The lowest BCUT2D eigenvalue weighted by atomic mass is 9.97. The van der Waals surface area contributed by atoms with Crippen LogP contribution in [0.25, 0.3) is 0 Å². The Bertz CT molecular complexity index is 230. The predicted octanol–water partition coefficient (Wildman–Crippen LogP) is 5.53. The summed E-state index contributed by atoms with van der Waals surface area (Å²) >= 11 is 0. The molecular weight excluding hydrogens is 192 g/mol. The quantitative estimate of drug-likeness (QED) is 0.472. The summed E-state index contributed by atoms with van der Waals surface area (Å²) in [4.78, 5) is 0. The van der Waals surface area contributed by atoms with E-state index >= 15 is 0 Å². The maximum absolute atomic E-state index is 3.69. The second kappa shape index (κ2) is 9.45. The van der Waals surface area contributed by atoms with Crippen molar-refractivity contribution >= 4 is 0 Å². The molecule has 0 aromatic heterocycles. The van der Waals surface area contributed by atoms with Gasteiger partial charge in [0.2, 0.25) is 0 Å². The van der Waals surface area contributed by atoms with Crippen molar-refractivity contribution in [1.82, 2.24) is 0 Å². The molecule has 0 saturated carbocycles. The molecule has 0 fully saturated rings. The second-order valence-electron chi connectivity index (χ2n) is 5.21. The molecule has 0 rings (SSSR count). The van der Waals surface area contributed by atoms with Crippen molar-refractivity contribution in [2.75, 3.05) is 0 Å². The van der Waals surface area contributed by atoms with E-state index in [4.69, 9.17) is 0 Å². The van der Waals surface area contributed by atoms with Crippen LogP contribution in [-0.4, -0.2) is 0 Å². The summed E-state index contributed by atoms with van der Waals surface area (Å²) in [5.41, 5.74) is 1.28. The zero-order valence-corrected chi connectivity index (χ0v) is 11.5. The molecule has 0 N–H and O–H groups in total. The van der Waals surface area contributed by atoms with Crippen LogP contribution in [0.1, 0.15) is 53.4 Å². The lowest BCUT2D eigenvalue weighted by Crippen LogP contribution is -1.95. The van der Waals surface area contributed by atoms with Gasteiger partial charge >= 0.3 is 0 Å². The van der Waals surface area contributed by atoms with Crippen LogP contribution in [0.3, 0.4) is 0 Å². The van der Waals surface area contributed by atoms with E-state index in [9.17, 15) is 0 Å². The van der Waals surface area contributed by atoms with Crippen molar-refractivity contribution in [3.63, 3.8) is 0 Å². The van der Waals surface area contributed by atoms with E-state index in [1.165, 1.54) is 31.3 Å². The van der Waals surface area contributed by atoms with Gasteiger partial charge in [-0.05, 0) is 25.2 Å². The van der Waals surface area contributed by atoms with Crippen LogP contribution in [0.15, 0.2) is 36.5 Å². The van der Waals surface area contributed by atoms with Crippen molar-refractivity contribution in [2.45, 2.75) is 53.4 Å². The van der Waals surface area contributed by atoms with Gasteiger partial charge < -0.3 is 0 Å². The van der Waals surface area contributed by atoms with Gasteiger partial charge in [-0.3, -0.25) is 0 Å². The van der Waals surface area contributed by atoms with Crippen molar-refractivity contribution in [2.24, 2.45) is 11.8 Å². The molecule has 0 aliphatic rings. The number of allylic oxidation sites excluding steroid dienone is 5. The molecule has 1 unspecified atom stereocenters. The van der Waals surface area contributed by atoms with Crippen molar-refractivity contribution in [3.05, 3.63) is 36.5 Å². The molecule has 0 aliphatic heterocycles. The van der Waals surface area contributed by atoms with E-state index in [2.05, 4.69) is 46.4 Å². The highest BCUT2D eigenvalue weighted by atomic mass is 14.1. The fraction of sp³-hybridized carbons (Fsp3) is 0.625. The van der Waals surface area contributed by atoms with Crippen LogP contribution in [-0.2, 0) is 0 Å². The van der Waals surface area contributed by atoms with Gasteiger partial charge in [0, 0.05) is 0 Å². The molecule has 0 saturated heterocycles. The molecule has 92 valence electrons. The lowest BCUT2D eigenvalue weighted by Gasteiger charge is -2.09. The molecule has 0 aliphatic carbocycles. The zero-order chi connectivity index (χ0) is 12.4. The van der Waals surface area contributed by atoms with Gasteiger partial charge in [-0.15, -0.1) is 0 Å². The number of rotatable bonds is 8. The molecule has 0 heteroatoms. The summed E-state index contributed by atoms with van der Waals surface area (Å²) in [5.74, 6) is 1.66.